The maximum atomic E-state index is 6.70. The molecule has 1 nitrogen and oxygen atoms in total. The Kier molecular flexibility index (Phi) is 1.89. The van der Waals surface area contributed by atoms with E-state index >= 15 is 0 Å². The van der Waals surface area contributed by atoms with Crippen molar-refractivity contribution in [2.45, 2.75) is 6.92 Å². The molecule has 0 aliphatic carbocycles. The van der Waals surface area contributed by atoms with Crippen LogP contribution in [0.2, 0.25) is 0 Å². The van der Waals surface area contributed by atoms with Gasteiger partial charge in [-0.15, -0.1) is 0 Å². The second-order valence-electron chi connectivity index (χ2n) is 1.62. The fourth-order valence-corrected chi connectivity index (χ4v) is 2.06. The van der Waals surface area contributed by atoms with Crippen LogP contribution in [-0.4, -0.2) is 0 Å². The zero-order chi connectivity index (χ0) is 6.85. The number of halogens is 1. The monoisotopic (exact) mass is 201 g/mol. The van der Waals surface area contributed by atoms with E-state index in [0.29, 0.717) is 0 Å². The fourth-order valence-electron chi connectivity index (χ4n) is 0.547. The molecular formula is C6H4BrNS. The summed E-state index contributed by atoms with van der Waals surface area (Å²) in [4.78, 5) is 4.49. The second kappa shape index (κ2) is 2.51. The average Bonchev–Trinajstić information content (AvgIpc) is 2.10. The van der Waals surface area contributed by atoms with E-state index in [-0.39, 0.29) is 0 Å². The van der Waals surface area contributed by atoms with Crippen molar-refractivity contribution in [1.82, 2.24) is 0 Å². The summed E-state index contributed by atoms with van der Waals surface area (Å²) in [5.74, 6) is 0. The molecule has 1 rings (SSSR count). The zero-order valence-corrected chi connectivity index (χ0v) is 7.21. The first-order valence-corrected chi connectivity index (χ1v) is 3.98. The third-order valence-corrected chi connectivity index (χ3v) is 2.70. The molecule has 3 heteroatoms. The second-order valence-corrected chi connectivity index (χ2v) is 3.71. The van der Waals surface area contributed by atoms with E-state index in [1.807, 2.05) is 13.0 Å². The van der Waals surface area contributed by atoms with Gasteiger partial charge in [0.05, 0.1) is 6.57 Å². The lowest BCUT2D eigenvalue weighted by Gasteiger charge is -1.75. The Morgan fingerprint density at radius 3 is 2.67 bits per heavy atom. The van der Waals surface area contributed by atoms with Gasteiger partial charge in [-0.05, 0) is 17.9 Å². The van der Waals surface area contributed by atoms with E-state index in [1.165, 1.54) is 16.2 Å². The Balaban J connectivity index is 3.20. The lowest BCUT2D eigenvalue weighted by Crippen LogP contribution is -1.47. The van der Waals surface area contributed by atoms with Crippen molar-refractivity contribution in [3.63, 3.8) is 0 Å². The first-order chi connectivity index (χ1) is 4.24. The molecule has 0 N–H and O–H groups in total. The molecule has 0 saturated heterocycles. The number of thiophene rings is 1. The average molecular weight is 202 g/mol. The molecule has 0 fully saturated rings. The lowest BCUT2D eigenvalue weighted by molar-refractivity contribution is 1.63. The van der Waals surface area contributed by atoms with Crippen LogP contribution in [0.4, 0.5) is 5.00 Å². The molecule has 9 heavy (non-hydrogen) atoms. The summed E-state index contributed by atoms with van der Waals surface area (Å²) in [6, 6.07) is 1.96. The smallest absolute Gasteiger partial charge is 0.225 e. The molecule has 0 aromatic carbocycles. The lowest BCUT2D eigenvalue weighted by atomic mass is 10.5. The Hall–Kier alpha value is -0.330. The highest BCUT2D eigenvalue weighted by atomic mass is 79.9. The number of hydrogen-bond acceptors (Lipinski definition) is 1. The minimum absolute atomic E-state index is 0.743. The summed E-state index contributed by atoms with van der Waals surface area (Å²) in [5.41, 5.74) is 0. The predicted octanol–water partition coefficient (Wildman–Crippen LogP) is 3.37. The van der Waals surface area contributed by atoms with E-state index in [2.05, 4.69) is 20.8 Å². The van der Waals surface area contributed by atoms with Crippen molar-refractivity contribution >= 4 is 32.3 Å². The van der Waals surface area contributed by atoms with E-state index < -0.39 is 0 Å². The summed E-state index contributed by atoms with van der Waals surface area (Å²) in [6.07, 6.45) is 0. The summed E-state index contributed by atoms with van der Waals surface area (Å²) in [6.45, 7) is 8.69. The predicted molar refractivity (Wildman–Crippen MR) is 43.0 cm³/mol. The van der Waals surface area contributed by atoms with Crippen molar-refractivity contribution in [3.05, 3.63) is 26.8 Å². The Bertz CT molecular complexity index is 259. The minimum atomic E-state index is 0.743. The summed E-state index contributed by atoms with van der Waals surface area (Å²) < 4.78 is 0.917. The van der Waals surface area contributed by atoms with Gasteiger partial charge in [0.15, 0.2) is 0 Å². The normalized spacial score (nSPS) is 9.00. The molecule has 0 saturated carbocycles. The summed E-state index contributed by atoms with van der Waals surface area (Å²) in [7, 11) is 0. The van der Waals surface area contributed by atoms with Crippen molar-refractivity contribution in [2.24, 2.45) is 0 Å². The van der Waals surface area contributed by atoms with Gasteiger partial charge in [0.1, 0.15) is 0 Å². The van der Waals surface area contributed by atoms with E-state index in [4.69, 9.17) is 6.57 Å². The first-order valence-electron chi connectivity index (χ1n) is 2.37. The van der Waals surface area contributed by atoms with Crippen LogP contribution in [-0.2, 0) is 0 Å². The molecular weight excluding hydrogens is 198 g/mol. The van der Waals surface area contributed by atoms with Crippen LogP contribution in [0.25, 0.3) is 4.85 Å². The molecule has 0 aliphatic heterocycles. The number of hydrogen-bond donors (Lipinski definition) is 0. The first kappa shape index (κ1) is 6.79. The van der Waals surface area contributed by atoms with Crippen LogP contribution < -0.4 is 0 Å². The van der Waals surface area contributed by atoms with E-state index in [9.17, 15) is 0 Å². The van der Waals surface area contributed by atoms with Gasteiger partial charge < -0.3 is 0 Å². The topological polar surface area (TPSA) is 4.36 Å². The van der Waals surface area contributed by atoms with E-state index in [1.54, 1.807) is 0 Å². The molecule has 0 spiro atoms. The van der Waals surface area contributed by atoms with Gasteiger partial charge in [0.2, 0.25) is 0 Å². The molecule has 0 radical (unpaired) electrons. The number of rotatable bonds is 0. The molecule has 46 valence electrons. The third kappa shape index (κ3) is 1.32. The molecule has 1 heterocycles. The zero-order valence-electron chi connectivity index (χ0n) is 4.81. The van der Waals surface area contributed by atoms with Gasteiger partial charge in [0.25, 0.3) is 5.00 Å². The van der Waals surface area contributed by atoms with Crippen LogP contribution in [0.3, 0.4) is 0 Å². The van der Waals surface area contributed by atoms with Crippen molar-refractivity contribution in [2.75, 3.05) is 0 Å². The summed E-state index contributed by atoms with van der Waals surface area (Å²) in [5, 5.41) is 0.743. The largest absolute Gasteiger partial charge is 0.255 e. The Morgan fingerprint density at radius 2 is 2.44 bits per heavy atom. The Labute approximate surface area is 66.3 Å². The van der Waals surface area contributed by atoms with Gasteiger partial charge in [-0.3, -0.25) is 0 Å². The van der Waals surface area contributed by atoms with Crippen LogP contribution >= 0.6 is 27.3 Å². The van der Waals surface area contributed by atoms with Crippen molar-refractivity contribution < 1.29 is 0 Å². The van der Waals surface area contributed by atoms with Crippen LogP contribution in [0.1, 0.15) is 4.88 Å². The standard InChI is InChI=1S/C6H4BrNS/c1-4-3-5(7)6(8-2)9-4/h3H,1H3. The van der Waals surface area contributed by atoms with Gasteiger partial charge in [-0.1, -0.05) is 15.9 Å². The van der Waals surface area contributed by atoms with Crippen LogP contribution in [0, 0.1) is 13.5 Å². The van der Waals surface area contributed by atoms with Gasteiger partial charge in [-0.25, -0.2) is 4.85 Å². The SMILES string of the molecule is [C-]#[N+]c1sc(C)cc1Br. The Morgan fingerprint density at radius 1 is 1.78 bits per heavy atom. The van der Waals surface area contributed by atoms with Crippen LogP contribution in [0.15, 0.2) is 10.5 Å². The summed E-state index contributed by atoms with van der Waals surface area (Å²) >= 11 is 4.79. The van der Waals surface area contributed by atoms with Crippen LogP contribution in [0.5, 0.6) is 0 Å². The highest BCUT2D eigenvalue weighted by molar-refractivity contribution is 9.10. The highest BCUT2D eigenvalue weighted by Gasteiger charge is 2.00. The number of nitrogens with zero attached hydrogens (tertiary/aromatic N) is 1. The maximum absolute atomic E-state index is 6.70. The minimum Gasteiger partial charge on any atom is -0.225 e. The fraction of sp³-hybridized carbons (Fsp3) is 0.167. The molecule has 0 bridgehead atoms. The van der Waals surface area contributed by atoms with E-state index in [0.717, 1.165) is 9.47 Å². The van der Waals surface area contributed by atoms with Crippen molar-refractivity contribution in [3.8, 4) is 0 Å². The highest BCUT2D eigenvalue weighted by Crippen LogP contribution is 2.34. The molecule has 1 aromatic heterocycles. The molecule has 1 aromatic rings. The number of aryl methyl sites for hydroxylation is 1. The third-order valence-electron chi connectivity index (χ3n) is 0.894. The quantitative estimate of drug-likeness (QED) is 0.568. The van der Waals surface area contributed by atoms with Crippen molar-refractivity contribution in [1.29, 1.82) is 0 Å². The van der Waals surface area contributed by atoms with Gasteiger partial charge >= 0.3 is 0 Å². The molecule has 0 amide bonds. The van der Waals surface area contributed by atoms with Gasteiger partial charge in [0, 0.05) is 4.47 Å². The maximum Gasteiger partial charge on any atom is 0.255 e. The molecule has 0 atom stereocenters. The van der Waals surface area contributed by atoms with Gasteiger partial charge in [-0.2, -0.15) is 11.3 Å². The molecule has 0 unspecified atom stereocenters. The molecule has 0 aliphatic rings.